The minimum Gasteiger partial charge on any atom is -0.490 e. The molecule has 0 aromatic heterocycles. The quantitative estimate of drug-likeness (QED) is 0.695. The molecular formula is C17H23NO3. The lowest BCUT2D eigenvalue weighted by Gasteiger charge is -2.18. The lowest BCUT2D eigenvalue weighted by Crippen LogP contribution is -2.39. The summed E-state index contributed by atoms with van der Waals surface area (Å²) in [5.41, 5.74) is 0. The first-order valence-corrected chi connectivity index (χ1v) is 7.37. The van der Waals surface area contributed by atoms with Crippen LogP contribution in [0.2, 0.25) is 0 Å². The summed E-state index contributed by atoms with van der Waals surface area (Å²) in [7, 11) is 0. The Morgan fingerprint density at radius 2 is 1.90 bits per heavy atom. The minimum absolute atomic E-state index is 0.0252. The van der Waals surface area contributed by atoms with Gasteiger partial charge in [0.15, 0.2) is 0 Å². The van der Waals surface area contributed by atoms with Crippen molar-refractivity contribution in [3.63, 3.8) is 0 Å². The Balaban J connectivity index is 1.89. The van der Waals surface area contributed by atoms with Gasteiger partial charge in [-0.2, -0.15) is 0 Å². The van der Waals surface area contributed by atoms with Gasteiger partial charge in [-0.25, -0.2) is 0 Å². The zero-order valence-corrected chi connectivity index (χ0v) is 12.3. The van der Waals surface area contributed by atoms with Crippen molar-refractivity contribution in [2.45, 2.75) is 25.5 Å². The maximum Gasteiger partial charge on any atom is 0.127 e. The van der Waals surface area contributed by atoms with E-state index in [-0.39, 0.29) is 19.3 Å². The van der Waals surface area contributed by atoms with Crippen LogP contribution in [0.4, 0.5) is 0 Å². The van der Waals surface area contributed by atoms with E-state index in [0.29, 0.717) is 6.54 Å². The number of ether oxygens (including phenoxy) is 1. The van der Waals surface area contributed by atoms with Crippen LogP contribution in [0.1, 0.15) is 13.3 Å². The van der Waals surface area contributed by atoms with Gasteiger partial charge in [0.25, 0.3) is 0 Å². The molecule has 21 heavy (non-hydrogen) atoms. The Morgan fingerprint density at radius 1 is 1.14 bits per heavy atom. The van der Waals surface area contributed by atoms with Crippen LogP contribution in [0.25, 0.3) is 10.8 Å². The van der Waals surface area contributed by atoms with E-state index in [9.17, 15) is 5.11 Å². The Morgan fingerprint density at radius 3 is 2.67 bits per heavy atom. The first-order chi connectivity index (χ1) is 10.2. The molecule has 2 aromatic carbocycles. The molecule has 0 aliphatic heterocycles. The smallest absolute Gasteiger partial charge is 0.127 e. The summed E-state index contributed by atoms with van der Waals surface area (Å²) in [5, 5.41) is 24.3. The van der Waals surface area contributed by atoms with Gasteiger partial charge in [-0.1, -0.05) is 43.3 Å². The molecule has 114 valence electrons. The number of nitrogens with one attached hydrogen (secondary N) is 1. The Hall–Kier alpha value is -1.62. The molecule has 2 aromatic rings. The molecule has 0 saturated heterocycles. The zero-order chi connectivity index (χ0) is 15.1. The Bertz CT molecular complexity index is 549. The van der Waals surface area contributed by atoms with E-state index in [4.69, 9.17) is 9.84 Å². The van der Waals surface area contributed by atoms with E-state index in [1.165, 1.54) is 0 Å². The highest BCUT2D eigenvalue weighted by atomic mass is 16.5. The molecule has 2 atom stereocenters. The average Bonchev–Trinajstić information content (AvgIpc) is 2.53. The van der Waals surface area contributed by atoms with Crippen molar-refractivity contribution in [3.8, 4) is 5.75 Å². The highest BCUT2D eigenvalue weighted by Crippen LogP contribution is 2.25. The third-order valence-corrected chi connectivity index (χ3v) is 3.54. The standard InChI is InChI=1S/C17H23NO3/c1-2-14(11-19)18-10-15(20)12-21-17-9-5-7-13-6-3-4-8-16(13)17/h3-9,14-15,18-20H,2,10-12H2,1H3/t14-,15+/m1/s1. The van der Waals surface area contributed by atoms with Crippen molar-refractivity contribution < 1.29 is 14.9 Å². The van der Waals surface area contributed by atoms with E-state index in [0.717, 1.165) is 22.9 Å². The maximum absolute atomic E-state index is 9.95. The number of aliphatic hydroxyl groups excluding tert-OH is 2. The monoisotopic (exact) mass is 289 g/mol. The van der Waals surface area contributed by atoms with E-state index >= 15 is 0 Å². The second-order valence-corrected chi connectivity index (χ2v) is 5.14. The second kappa shape index (κ2) is 7.98. The molecule has 4 heteroatoms. The van der Waals surface area contributed by atoms with Gasteiger partial charge in [0, 0.05) is 18.0 Å². The molecule has 0 heterocycles. The van der Waals surface area contributed by atoms with Gasteiger partial charge in [0.1, 0.15) is 18.5 Å². The van der Waals surface area contributed by atoms with Gasteiger partial charge in [-0.05, 0) is 17.9 Å². The largest absolute Gasteiger partial charge is 0.490 e. The van der Waals surface area contributed by atoms with Crippen LogP contribution in [-0.2, 0) is 0 Å². The summed E-state index contributed by atoms with van der Waals surface area (Å²) >= 11 is 0. The molecule has 0 bridgehead atoms. The van der Waals surface area contributed by atoms with Crippen molar-refractivity contribution in [2.75, 3.05) is 19.8 Å². The molecule has 0 aliphatic rings. The van der Waals surface area contributed by atoms with Crippen molar-refractivity contribution >= 4 is 10.8 Å². The van der Waals surface area contributed by atoms with Crippen LogP contribution in [0.15, 0.2) is 42.5 Å². The molecule has 0 aliphatic carbocycles. The fourth-order valence-electron chi connectivity index (χ4n) is 2.21. The maximum atomic E-state index is 9.95. The summed E-state index contributed by atoms with van der Waals surface area (Å²) < 4.78 is 5.73. The van der Waals surface area contributed by atoms with Gasteiger partial charge in [0.2, 0.25) is 0 Å². The number of hydrogen-bond donors (Lipinski definition) is 3. The Labute approximate surface area is 125 Å². The lowest BCUT2D eigenvalue weighted by atomic mass is 10.1. The highest BCUT2D eigenvalue weighted by molar-refractivity contribution is 5.88. The molecule has 0 fully saturated rings. The van der Waals surface area contributed by atoms with Gasteiger partial charge in [0.05, 0.1) is 6.61 Å². The van der Waals surface area contributed by atoms with Gasteiger partial charge in [-0.3, -0.25) is 0 Å². The van der Waals surface area contributed by atoms with Crippen LogP contribution in [0, 0.1) is 0 Å². The van der Waals surface area contributed by atoms with Crippen molar-refractivity contribution in [2.24, 2.45) is 0 Å². The third kappa shape index (κ3) is 4.43. The molecule has 0 amide bonds. The van der Waals surface area contributed by atoms with Crippen molar-refractivity contribution in [1.29, 1.82) is 0 Å². The first-order valence-electron chi connectivity index (χ1n) is 7.37. The van der Waals surface area contributed by atoms with Crippen molar-refractivity contribution in [1.82, 2.24) is 5.32 Å². The van der Waals surface area contributed by atoms with Crippen LogP contribution in [-0.4, -0.2) is 42.1 Å². The molecule has 0 spiro atoms. The molecular weight excluding hydrogens is 266 g/mol. The van der Waals surface area contributed by atoms with Gasteiger partial charge in [-0.15, -0.1) is 0 Å². The molecule has 0 unspecified atom stereocenters. The second-order valence-electron chi connectivity index (χ2n) is 5.14. The number of aliphatic hydroxyl groups is 2. The Kier molecular flexibility index (Phi) is 5.99. The topological polar surface area (TPSA) is 61.7 Å². The van der Waals surface area contributed by atoms with Crippen LogP contribution in [0.3, 0.4) is 0 Å². The van der Waals surface area contributed by atoms with Crippen LogP contribution in [0.5, 0.6) is 5.75 Å². The lowest BCUT2D eigenvalue weighted by molar-refractivity contribution is 0.100. The fourth-order valence-corrected chi connectivity index (χ4v) is 2.21. The SMILES string of the molecule is CC[C@H](CO)NC[C@H](O)COc1cccc2ccccc12. The van der Waals surface area contributed by atoms with Crippen LogP contribution < -0.4 is 10.1 Å². The van der Waals surface area contributed by atoms with E-state index < -0.39 is 6.10 Å². The zero-order valence-electron chi connectivity index (χ0n) is 12.3. The highest BCUT2D eigenvalue weighted by Gasteiger charge is 2.10. The summed E-state index contributed by atoms with van der Waals surface area (Å²) in [5.74, 6) is 0.779. The predicted molar refractivity (Wildman–Crippen MR) is 84.6 cm³/mol. The third-order valence-electron chi connectivity index (χ3n) is 3.54. The molecule has 2 rings (SSSR count). The molecule has 0 saturated carbocycles. The average molecular weight is 289 g/mol. The number of hydrogen-bond acceptors (Lipinski definition) is 4. The summed E-state index contributed by atoms with van der Waals surface area (Å²) in [6.45, 7) is 2.70. The first kappa shape index (κ1) is 15.8. The van der Waals surface area contributed by atoms with Crippen molar-refractivity contribution in [3.05, 3.63) is 42.5 Å². The van der Waals surface area contributed by atoms with Gasteiger partial charge < -0.3 is 20.3 Å². The predicted octanol–water partition coefficient (Wildman–Crippen LogP) is 1.94. The molecule has 4 nitrogen and oxygen atoms in total. The summed E-state index contributed by atoms with van der Waals surface area (Å²) in [6.07, 6.45) is 0.220. The summed E-state index contributed by atoms with van der Waals surface area (Å²) in [6, 6.07) is 13.9. The fraction of sp³-hybridized carbons (Fsp3) is 0.412. The van der Waals surface area contributed by atoms with E-state index in [1.54, 1.807) is 0 Å². The summed E-state index contributed by atoms with van der Waals surface area (Å²) in [4.78, 5) is 0. The number of benzene rings is 2. The van der Waals surface area contributed by atoms with E-state index in [1.807, 2.05) is 49.4 Å². The van der Waals surface area contributed by atoms with E-state index in [2.05, 4.69) is 5.32 Å². The van der Waals surface area contributed by atoms with Crippen LogP contribution >= 0.6 is 0 Å². The number of rotatable bonds is 8. The van der Waals surface area contributed by atoms with Gasteiger partial charge >= 0.3 is 0 Å². The molecule has 3 N–H and O–H groups in total. The number of fused-ring (bicyclic) bond motifs is 1. The molecule has 0 radical (unpaired) electrons. The minimum atomic E-state index is -0.607. The normalized spacial score (nSPS) is 14.0.